The van der Waals surface area contributed by atoms with Crippen LogP contribution in [0.4, 0.5) is 58.9 Å². The molecule has 6 aliphatic rings. The first-order valence-electron chi connectivity index (χ1n) is 19.1. The molecular formula is C40H37Cl3F6N8O2. The average molecular weight is 882 g/mol. The number of aromatic nitrogens is 2. The summed E-state index contributed by atoms with van der Waals surface area (Å²) in [5.74, 6) is 0.905. The molecular weight excluding hydrogens is 845 g/mol. The number of pyridine rings is 2. The van der Waals surface area contributed by atoms with Gasteiger partial charge in [-0.05, 0) is 74.9 Å². The molecule has 2 saturated heterocycles. The zero-order valence-electron chi connectivity index (χ0n) is 31.1. The number of benzene rings is 2. The van der Waals surface area contributed by atoms with E-state index in [0.717, 1.165) is 87.3 Å². The first-order valence-corrected chi connectivity index (χ1v) is 19.8. The van der Waals surface area contributed by atoms with Crippen molar-refractivity contribution in [3.05, 3.63) is 81.8 Å². The molecule has 6 heterocycles. The summed E-state index contributed by atoms with van der Waals surface area (Å²) in [5, 5.41) is 6.51. The molecule has 4 aromatic rings. The Balaban J connectivity index is 0.000000161. The molecule has 4 fully saturated rings. The van der Waals surface area contributed by atoms with Crippen molar-refractivity contribution in [2.24, 2.45) is 0 Å². The second-order valence-electron chi connectivity index (χ2n) is 15.4. The molecule has 2 saturated carbocycles. The number of hydrogen-bond donors (Lipinski definition) is 2. The van der Waals surface area contributed by atoms with Gasteiger partial charge in [0, 0.05) is 49.4 Å². The van der Waals surface area contributed by atoms with Gasteiger partial charge in [0.2, 0.25) is 0 Å². The van der Waals surface area contributed by atoms with Crippen molar-refractivity contribution < 1.29 is 35.9 Å². The monoisotopic (exact) mass is 880 g/mol. The minimum Gasteiger partial charge on any atom is -0.366 e. The maximum atomic E-state index is 13.1. The Morgan fingerprint density at radius 3 is 1.36 bits per heavy atom. The first-order chi connectivity index (χ1) is 27.6. The molecule has 2 aromatic carbocycles. The molecule has 0 spiro atoms. The molecule has 2 aliphatic carbocycles. The molecule has 2 N–H and O–H groups in total. The highest BCUT2D eigenvalue weighted by Gasteiger charge is 2.44. The van der Waals surface area contributed by atoms with Gasteiger partial charge in [-0.15, -0.1) is 12.4 Å². The Morgan fingerprint density at radius 1 is 0.610 bits per heavy atom. The number of hydrogen-bond acceptors (Lipinski definition) is 6. The van der Waals surface area contributed by atoms with E-state index < -0.39 is 23.5 Å². The van der Waals surface area contributed by atoms with E-state index in [9.17, 15) is 35.9 Å². The number of carbonyl (C=O) groups is 2. The molecule has 4 aliphatic heterocycles. The summed E-state index contributed by atoms with van der Waals surface area (Å²) in [6, 6.07) is 13.2. The maximum absolute atomic E-state index is 13.1. The summed E-state index contributed by atoms with van der Waals surface area (Å²) >= 11 is 12.9. The number of anilines is 4. The number of carbonyl (C=O) groups excluding carboxylic acids is 2. The van der Waals surface area contributed by atoms with Gasteiger partial charge in [0.1, 0.15) is 0 Å². The van der Waals surface area contributed by atoms with E-state index in [1.54, 1.807) is 34.1 Å². The Hall–Kier alpha value is -4.67. The van der Waals surface area contributed by atoms with E-state index in [4.69, 9.17) is 23.2 Å². The number of alkyl halides is 6. The molecule has 0 unspecified atom stereocenters. The van der Waals surface area contributed by atoms with Crippen LogP contribution >= 0.6 is 35.6 Å². The fourth-order valence-corrected chi connectivity index (χ4v) is 8.52. The second kappa shape index (κ2) is 15.4. The van der Waals surface area contributed by atoms with E-state index in [1.165, 1.54) is 12.1 Å². The van der Waals surface area contributed by atoms with Gasteiger partial charge in [-0.3, -0.25) is 9.80 Å². The van der Waals surface area contributed by atoms with Crippen LogP contribution in [0.15, 0.2) is 60.7 Å². The molecule has 2 atom stereocenters. The normalized spacial score (nSPS) is 20.3. The molecule has 0 radical (unpaired) electrons. The Bertz CT molecular complexity index is 2150. The van der Waals surface area contributed by atoms with Crippen LogP contribution in [-0.4, -0.2) is 72.4 Å². The summed E-state index contributed by atoms with van der Waals surface area (Å²) < 4.78 is 78.9. The van der Waals surface area contributed by atoms with Crippen LogP contribution in [-0.2, 0) is 12.4 Å². The van der Waals surface area contributed by atoms with Gasteiger partial charge in [-0.2, -0.15) is 26.3 Å². The number of halogens is 9. The number of fused-ring (bicyclic) bond motifs is 8. The van der Waals surface area contributed by atoms with E-state index in [-0.39, 0.29) is 81.2 Å². The fraction of sp³-hybridized carbons (Fsp3) is 0.400. The lowest BCUT2D eigenvalue weighted by molar-refractivity contribution is -0.138. The standard InChI is InChI=1S/2C20H18ClF3N4O.ClH/c2*21-15-9-16-18(26-17(15)11-2-1-3-12(8-11)20(22,23)24)28(14-6-7-27(16)10-14)19(29)25-13-4-5-13;/h2*1-3,8-9,13-14H,4-7,10H2,(H,25,29);1H/t2*14-;/m00./s1. The highest BCUT2D eigenvalue weighted by molar-refractivity contribution is 6.34. The van der Waals surface area contributed by atoms with E-state index in [0.29, 0.717) is 24.7 Å². The van der Waals surface area contributed by atoms with Crippen LogP contribution in [0.25, 0.3) is 22.5 Å². The van der Waals surface area contributed by atoms with Crippen molar-refractivity contribution in [3.63, 3.8) is 0 Å². The van der Waals surface area contributed by atoms with Crippen LogP contribution in [0.5, 0.6) is 0 Å². The average Bonchev–Trinajstić information content (AvgIpc) is 4.10. The van der Waals surface area contributed by atoms with Crippen LogP contribution in [0.3, 0.4) is 0 Å². The minimum atomic E-state index is -4.46. The molecule has 10 nitrogen and oxygen atoms in total. The van der Waals surface area contributed by atoms with Gasteiger partial charge in [0.05, 0.1) is 56.0 Å². The third-order valence-electron chi connectivity index (χ3n) is 11.2. The molecule has 4 amide bonds. The van der Waals surface area contributed by atoms with Crippen molar-refractivity contribution in [2.75, 3.05) is 45.8 Å². The quantitative estimate of drug-likeness (QED) is 0.198. The van der Waals surface area contributed by atoms with E-state index in [1.807, 2.05) is 0 Å². The summed E-state index contributed by atoms with van der Waals surface area (Å²) in [4.78, 5) is 42.5. The summed E-state index contributed by atoms with van der Waals surface area (Å²) in [7, 11) is 0. The Kier molecular flexibility index (Phi) is 10.7. The van der Waals surface area contributed by atoms with E-state index >= 15 is 0 Å². The highest BCUT2D eigenvalue weighted by atomic mass is 35.5. The second-order valence-corrected chi connectivity index (χ2v) is 16.3. The highest BCUT2D eigenvalue weighted by Crippen LogP contribution is 2.46. The zero-order valence-corrected chi connectivity index (χ0v) is 33.4. The molecule has 312 valence electrons. The molecule has 59 heavy (non-hydrogen) atoms. The van der Waals surface area contributed by atoms with Crippen LogP contribution in [0, 0.1) is 0 Å². The van der Waals surface area contributed by atoms with Crippen LogP contribution < -0.4 is 30.2 Å². The maximum Gasteiger partial charge on any atom is 0.416 e. The van der Waals surface area contributed by atoms with Crippen molar-refractivity contribution in [2.45, 2.75) is 75.0 Å². The first kappa shape index (κ1) is 41.1. The van der Waals surface area contributed by atoms with Crippen molar-refractivity contribution in [3.8, 4) is 22.5 Å². The SMILES string of the molecule is Cl.O=C(NC1CC1)N1c2nc(-c3cccc(C(F)(F)F)c3)c(Cl)cc2N2CC[C@H]1C2.O=C(NC1CC1)N1c2nc(-c3cccc(C(F)(F)F)c3)c(Cl)cc2N2CC[C@H]1C2. The topological polar surface area (TPSA) is 96.9 Å². The van der Waals surface area contributed by atoms with Gasteiger partial charge in [0.25, 0.3) is 0 Å². The Morgan fingerprint density at radius 2 is 1.00 bits per heavy atom. The Labute approximate surface area is 351 Å². The van der Waals surface area contributed by atoms with Gasteiger partial charge < -0.3 is 20.4 Å². The molecule has 2 aromatic heterocycles. The smallest absolute Gasteiger partial charge is 0.366 e. The summed E-state index contributed by atoms with van der Waals surface area (Å²) in [5.41, 5.74) is 0.962. The summed E-state index contributed by atoms with van der Waals surface area (Å²) in [6.45, 7) is 2.97. The van der Waals surface area contributed by atoms with Crippen molar-refractivity contribution >= 4 is 70.7 Å². The lowest BCUT2D eigenvalue weighted by Crippen LogP contribution is -2.51. The fourth-order valence-electron chi connectivity index (χ4n) is 8.01. The van der Waals surface area contributed by atoms with Crippen LogP contribution in [0.1, 0.15) is 49.7 Å². The number of amides is 4. The predicted octanol–water partition coefficient (Wildman–Crippen LogP) is 9.80. The third kappa shape index (κ3) is 8.15. The lowest BCUT2D eigenvalue weighted by Gasteiger charge is -2.36. The van der Waals surface area contributed by atoms with Crippen molar-refractivity contribution in [1.82, 2.24) is 20.6 Å². The molecule has 19 heteroatoms. The number of nitrogens with one attached hydrogen (secondary N) is 2. The largest absolute Gasteiger partial charge is 0.416 e. The third-order valence-corrected chi connectivity index (χ3v) is 11.8. The number of rotatable bonds is 4. The van der Waals surface area contributed by atoms with Crippen molar-refractivity contribution in [1.29, 1.82) is 0 Å². The van der Waals surface area contributed by atoms with E-state index in [2.05, 4.69) is 30.4 Å². The molecule has 10 rings (SSSR count). The van der Waals surface area contributed by atoms with Gasteiger partial charge in [0.15, 0.2) is 11.6 Å². The van der Waals surface area contributed by atoms with Gasteiger partial charge in [-0.25, -0.2) is 19.6 Å². The predicted molar refractivity (Wildman–Crippen MR) is 216 cm³/mol. The lowest BCUT2D eigenvalue weighted by atomic mass is 10.1. The zero-order chi connectivity index (χ0) is 40.7. The van der Waals surface area contributed by atoms with Gasteiger partial charge in [-0.1, -0.05) is 47.5 Å². The number of nitrogens with zero attached hydrogens (tertiary/aromatic N) is 6. The number of urea groups is 2. The molecule has 4 bridgehead atoms. The van der Waals surface area contributed by atoms with Gasteiger partial charge >= 0.3 is 24.4 Å². The van der Waals surface area contributed by atoms with Crippen LogP contribution in [0.2, 0.25) is 10.0 Å². The minimum absolute atomic E-state index is 0. The summed E-state index contributed by atoms with van der Waals surface area (Å²) in [6.07, 6.45) is -3.44.